The first-order chi connectivity index (χ1) is 12.2. The summed E-state index contributed by atoms with van der Waals surface area (Å²) in [6.07, 6.45) is 0.853. The number of esters is 1. The molecule has 7 nitrogen and oxygen atoms in total. The molecule has 1 aliphatic heterocycles. The second-order valence-corrected chi connectivity index (χ2v) is 5.82. The van der Waals surface area contributed by atoms with Crippen molar-refractivity contribution in [2.75, 3.05) is 60.1 Å². The molecule has 7 heteroatoms. The number of carbonyl (C=O) groups excluding carboxylic acids is 1. The smallest absolute Gasteiger partial charge is 0.337 e. The van der Waals surface area contributed by atoms with E-state index in [1.807, 2.05) is 12.1 Å². The largest absolute Gasteiger partial charge is 0.465 e. The topological polar surface area (TPSA) is 75.2 Å². The number of morpholine rings is 1. The zero-order valence-corrected chi connectivity index (χ0v) is 15.1. The van der Waals surface area contributed by atoms with E-state index in [2.05, 4.69) is 20.5 Å². The van der Waals surface area contributed by atoms with Crippen LogP contribution < -0.4 is 10.6 Å². The third kappa shape index (κ3) is 6.72. The summed E-state index contributed by atoms with van der Waals surface area (Å²) in [6, 6.07) is 7.47. The summed E-state index contributed by atoms with van der Waals surface area (Å²) < 4.78 is 10.0. The number of benzene rings is 1. The first-order valence-electron chi connectivity index (χ1n) is 8.65. The van der Waals surface area contributed by atoms with Gasteiger partial charge in [0.2, 0.25) is 0 Å². The maximum atomic E-state index is 11.4. The van der Waals surface area contributed by atoms with Gasteiger partial charge in [-0.2, -0.15) is 0 Å². The predicted molar refractivity (Wildman–Crippen MR) is 98.1 cm³/mol. The number of aliphatic imine (C=N–C) groups is 1. The van der Waals surface area contributed by atoms with Crippen LogP contribution in [0.4, 0.5) is 0 Å². The van der Waals surface area contributed by atoms with Gasteiger partial charge in [-0.3, -0.25) is 9.89 Å². The fourth-order valence-corrected chi connectivity index (χ4v) is 2.63. The Morgan fingerprint density at radius 3 is 2.52 bits per heavy atom. The van der Waals surface area contributed by atoms with Gasteiger partial charge >= 0.3 is 5.97 Å². The van der Waals surface area contributed by atoms with E-state index in [9.17, 15) is 4.79 Å². The van der Waals surface area contributed by atoms with Crippen molar-refractivity contribution in [1.82, 2.24) is 15.5 Å². The molecular weight excluding hydrogens is 320 g/mol. The Balaban J connectivity index is 1.65. The van der Waals surface area contributed by atoms with Gasteiger partial charge in [-0.05, 0) is 24.1 Å². The molecule has 25 heavy (non-hydrogen) atoms. The maximum Gasteiger partial charge on any atom is 0.337 e. The van der Waals surface area contributed by atoms with E-state index in [0.29, 0.717) is 5.56 Å². The molecule has 0 aliphatic carbocycles. The summed E-state index contributed by atoms with van der Waals surface area (Å²) in [5, 5.41) is 6.64. The second kappa shape index (κ2) is 10.7. The fraction of sp³-hybridized carbons (Fsp3) is 0.556. The molecule has 2 N–H and O–H groups in total. The highest BCUT2D eigenvalue weighted by molar-refractivity contribution is 5.89. The highest BCUT2D eigenvalue weighted by Crippen LogP contribution is 2.06. The molecule has 0 aromatic heterocycles. The predicted octanol–water partition coefficient (Wildman–Crippen LogP) is 0.513. The molecule has 138 valence electrons. The third-order valence-corrected chi connectivity index (χ3v) is 4.13. The van der Waals surface area contributed by atoms with Crippen molar-refractivity contribution in [2.24, 2.45) is 4.99 Å². The monoisotopic (exact) mass is 348 g/mol. The summed E-state index contributed by atoms with van der Waals surface area (Å²) >= 11 is 0. The van der Waals surface area contributed by atoms with Crippen LogP contribution in [0.15, 0.2) is 29.3 Å². The van der Waals surface area contributed by atoms with Gasteiger partial charge in [0, 0.05) is 39.8 Å². The minimum absolute atomic E-state index is 0.311. The number of hydrogen-bond acceptors (Lipinski definition) is 5. The molecule has 0 unspecified atom stereocenters. The van der Waals surface area contributed by atoms with Crippen LogP contribution >= 0.6 is 0 Å². The zero-order valence-electron chi connectivity index (χ0n) is 15.1. The first-order valence-corrected chi connectivity index (χ1v) is 8.65. The van der Waals surface area contributed by atoms with Crippen molar-refractivity contribution >= 4 is 11.9 Å². The molecule has 0 spiro atoms. The van der Waals surface area contributed by atoms with Gasteiger partial charge in [-0.1, -0.05) is 12.1 Å². The van der Waals surface area contributed by atoms with E-state index in [1.165, 1.54) is 7.11 Å². The van der Waals surface area contributed by atoms with Crippen molar-refractivity contribution in [2.45, 2.75) is 6.42 Å². The van der Waals surface area contributed by atoms with E-state index in [1.54, 1.807) is 19.2 Å². The van der Waals surface area contributed by atoms with Crippen LogP contribution in [0.25, 0.3) is 0 Å². The van der Waals surface area contributed by atoms with Gasteiger partial charge in [-0.15, -0.1) is 0 Å². The molecule has 0 atom stereocenters. The summed E-state index contributed by atoms with van der Waals surface area (Å²) in [5.74, 6) is 0.494. The van der Waals surface area contributed by atoms with E-state index in [4.69, 9.17) is 9.47 Å². The summed E-state index contributed by atoms with van der Waals surface area (Å²) in [6.45, 7) is 6.25. The summed E-state index contributed by atoms with van der Waals surface area (Å²) in [4.78, 5) is 18.0. The molecule has 0 saturated carbocycles. The van der Waals surface area contributed by atoms with Crippen LogP contribution in [-0.2, 0) is 15.9 Å². The average Bonchev–Trinajstić information content (AvgIpc) is 2.67. The lowest BCUT2D eigenvalue weighted by Crippen LogP contribution is -2.44. The number of rotatable bonds is 7. The van der Waals surface area contributed by atoms with E-state index >= 15 is 0 Å². The molecular formula is C18H28N4O3. The van der Waals surface area contributed by atoms with Gasteiger partial charge in [0.05, 0.1) is 25.9 Å². The van der Waals surface area contributed by atoms with Crippen molar-refractivity contribution in [1.29, 1.82) is 0 Å². The Hall–Kier alpha value is -2.12. The number of ether oxygens (including phenoxy) is 2. The molecule has 0 bridgehead atoms. The molecule has 1 aliphatic rings. The lowest BCUT2D eigenvalue weighted by atomic mass is 10.1. The quantitative estimate of drug-likeness (QED) is 0.425. The number of methoxy groups -OCH3 is 1. The van der Waals surface area contributed by atoms with Gasteiger partial charge in [-0.25, -0.2) is 4.79 Å². The highest BCUT2D eigenvalue weighted by Gasteiger charge is 2.09. The Morgan fingerprint density at radius 1 is 1.20 bits per heavy atom. The number of guanidine groups is 1. The van der Waals surface area contributed by atoms with Crippen molar-refractivity contribution < 1.29 is 14.3 Å². The summed E-state index contributed by atoms with van der Waals surface area (Å²) in [7, 11) is 3.16. The highest BCUT2D eigenvalue weighted by atomic mass is 16.5. The van der Waals surface area contributed by atoms with E-state index in [-0.39, 0.29) is 5.97 Å². The van der Waals surface area contributed by atoms with Crippen LogP contribution in [0.5, 0.6) is 0 Å². The Kier molecular flexibility index (Phi) is 8.21. The summed E-state index contributed by atoms with van der Waals surface area (Å²) in [5.41, 5.74) is 1.73. The van der Waals surface area contributed by atoms with Gasteiger partial charge < -0.3 is 20.1 Å². The van der Waals surface area contributed by atoms with Crippen molar-refractivity contribution in [3.05, 3.63) is 35.4 Å². The van der Waals surface area contributed by atoms with Crippen LogP contribution in [0.1, 0.15) is 15.9 Å². The maximum absolute atomic E-state index is 11.4. The molecule has 1 saturated heterocycles. The third-order valence-electron chi connectivity index (χ3n) is 4.13. The minimum atomic E-state index is -0.311. The molecule has 0 amide bonds. The molecule has 1 fully saturated rings. The molecule has 1 heterocycles. The lowest BCUT2D eigenvalue weighted by Gasteiger charge is -2.26. The Bertz CT molecular complexity index is 554. The minimum Gasteiger partial charge on any atom is -0.465 e. The number of nitrogens with one attached hydrogen (secondary N) is 2. The average molecular weight is 348 g/mol. The molecule has 1 aromatic rings. The second-order valence-electron chi connectivity index (χ2n) is 5.82. The van der Waals surface area contributed by atoms with Crippen LogP contribution in [0.3, 0.4) is 0 Å². The SMILES string of the molecule is CN=C(NCCc1ccc(C(=O)OC)cc1)NCCN1CCOCC1. The molecule has 1 aromatic carbocycles. The van der Waals surface area contributed by atoms with E-state index in [0.717, 1.165) is 63.9 Å². The van der Waals surface area contributed by atoms with Gasteiger partial charge in [0.1, 0.15) is 0 Å². The van der Waals surface area contributed by atoms with Crippen molar-refractivity contribution in [3.8, 4) is 0 Å². The zero-order chi connectivity index (χ0) is 17.9. The normalized spacial score (nSPS) is 15.7. The van der Waals surface area contributed by atoms with Crippen LogP contribution in [0, 0.1) is 0 Å². The van der Waals surface area contributed by atoms with Crippen molar-refractivity contribution in [3.63, 3.8) is 0 Å². The fourth-order valence-electron chi connectivity index (χ4n) is 2.63. The number of hydrogen-bond donors (Lipinski definition) is 2. The number of nitrogens with zero attached hydrogens (tertiary/aromatic N) is 2. The Labute approximate surface area is 149 Å². The van der Waals surface area contributed by atoms with Crippen LogP contribution in [-0.4, -0.2) is 76.9 Å². The van der Waals surface area contributed by atoms with E-state index < -0.39 is 0 Å². The van der Waals surface area contributed by atoms with Gasteiger partial charge in [0.15, 0.2) is 5.96 Å². The first kappa shape index (κ1) is 19.2. The molecule has 0 radical (unpaired) electrons. The lowest BCUT2D eigenvalue weighted by molar-refractivity contribution is 0.0389. The van der Waals surface area contributed by atoms with Gasteiger partial charge in [0.25, 0.3) is 0 Å². The number of carbonyl (C=O) groups is 1. The van der Waals surface area contributed by atoms with Crippen LogP contribution in [0.2, 0.25) is 0 Å². The Morgan fingerprint density at radius 2 is 1.88 bits per heavy atom. The standard InChI is InChI=1S/C18H28N4O3/c1-19-18(21-9-10-22-11-13-25-14-12-22)20-8-7-15-3-5-16(6-4-15)17(23)24-2/h3-6H,7-14H2,1-2H3,(H2,19,20,21). The molecule has 2 rings (SSSR count).